The Hall–Kier alpha value is -1.89. The number of aromatic nitrogens is 1. The number of halogens is 3. The van der Waals surface area contributed by atoms with E-state index in [2.05, 4.69) is 4.98 Å². The number of ether oxygens (including phenoxy) is 2. The third-order valence-electron chi connectivity index (χ3n) is 2.27. The van der Waals surface area contributed by atoms with Crippen LogP contribution in [0.25, 0.3) is 6.08 Å². The summed E-state index contributed by atoms with van der Waals surface area (Å²) in [6.07, 6.45) is -1.08. The highest BCUT2D eigenvalue weighted by Gasteiger charge is 2.32. The lowest BCUT2D eigenvalue weighted by Gasteiger charge is -2.10. The van der Waals surface area contributed by atoms with Gasteiger partial charge in [0.15, 0.2) is 5.69 Å². The van der Waals surface area contributed by atoms with Crippen LogP contribution in [0.3, 0.4) is 0 Å². The predicted octanol–water partition coefficient (Wildman–Crippen LogP) is 2.94. The molecular formula is C13H14F3NO3. The zero-order chi connectivity index (χ0) is 15.2. The van der Waals surface area contributed by atoms with Crippen LogP contribution >= 0.6 is 0 Å². The van der Waals surface area contributed by atoms with Gasteiger partial charge in [0, 0.05) is 18.9 Å². The van der Waals surface area contributed by atoms with E-state index in [-0.39, 0.29) is 24.5 Å². The van der Waals surface area contributed by atoms with Gasteiger partial charge in [-0.3, -0.25) is 0 Å². The molecule has 1 aromatic heterocycles. The summed E-state index contributed by atoms with van der Waals surface area (Å²) < 4.78 is 47.4. The topological polar surface area (TPSA) is 48.4 Å². The third kappa shape index (κ3) is 4.34. The van der Waals surface area contributed by atoms with E-state index in [0.29, 0.717) is 6.20 Å². The maximum Gasteiger partial charge on any atom is 0.417 e. The molecule has 0 N–H and O–H groups in total. The van der Waals surface area contributed by atoms with Gasteiger partial charge in [-0.1, -0.05) is 12.2 Å². The number of hydrogen-bond acceptors (Lipinski definition) is 4. The fourth-order valence-corrected chi connectivity index (χ4v) is 1.41. The van der Waals surface area contributed by atoms with E-state index in [1.807, 2.05) is 0 Å². The second-order valence-electron chi connectivity index (χ2n) is 3.74. The smallest absolute Gasteiger partial charge is 0.417 e. The van der Waals surface area contributed by atoms with Crippen LogP contribution < -0.4 is 0 Å². The molecule has 0 atom stereocenters. The average molecular weight is 289 g/mol. The van der Waals surface area contributed by atoms with Crippen LogP contribution in [-0.4, -0.2) is 31.3 Å². The lowest BCUT2D eigenvalue weighted by Crippen LogP contribution is -2.12. The molecule has 1 aromatic rings. The molecule has 7 heteroatoms. The number of rotatable bonds is 5. The number of alkyl halides is 3. The van der Waals surface area contributed by atoms with Crippen LogP contribution in [0.4, 0.5) is 13.2 Å². The highest BCUT2D eigenvalue weighted by Crippen LogP contribution is 2.30. The molecule has 0 amide bonds. The van der Waals surface area contributed by atoms with Crippen LogP contribution in [0.1, 0.15) is 28.5 Å². The molecule has 1 rings (SSSR count). The minimum absolute atomic E-state index is 0.0373. The lowest BCUT2D eigenvalue weighted by molar-refractivity contribution is -0.137. The van der Waals surface area contributed by atoms with Gasteiger partial charge >= 0.3 is 12.1 Å². The van der Waals surface area contributed by atoms with E-state index in [9.17, 15) is 18.0 Å². The summed E-state index contributed by atoms with van der Waals surface area (Å²) in [5.74, 6) is -0.765. The minimum atomic E-state index is -4.52. The van der Waals surface area contributed by atoms with Crippen molar-refractivity contribution in [3.05, 3.63) is 35.2 Å². The van der Waals surface area contributed by atoms with Gasteiger partial charge in [0.05, 0.1) is 18.8 Å². The fourth-order valence-electron chi connectivity index (χ4n) is 1.41. The van der Waals surface area contributed by atoms with Crippen LogP contribution in [0.5, 0.6) is 0 Å². The molecule has 0 unspecified atom stereocenters. The maximum absolute atomic E-state index is 12.6. The fraction of sp³-hybridized carbons (Fsp3) is 0.385. The number of hydrogen-bond donors (Lipinski definition) is 0. The van der Waals surface area contributed by atoms with E-state index >= 15 is 0 Å². The Morgan fingerprint density at radius 3 is 2.70 bits per heavy atom. The highest BCUT2D eigenvalue weighted by atomic mass is 19.4. The van der Waals surface area contributed by atoms with Crippen molar-refractivity contribution in [2.45, 2.75) is 13.1 Å². The zero-order valence-electron chi connectivity index (χ0n) is 11.0. The first-order valence-corrected chi connectivity index (χ1v) is 5.80. The molecule has 1 heterocycles. The molecule has 0 aliphatic carbocycles. The lowest BCUT2D eigenvalue weighted by atomic mass is 10.1. The van der Waals surface area contributed by atoms with E-state index in [1.54, 1.807) is 6.92 Å². The second kappa shape index (κ2) is 7.04. The number of carbonyl (C=O) groups is 1. The van der Waals surface area contributed by atoms with Crippen LogP contribution in [0.15, 0.2) is 18.3 Å². The Balaban J connectivity index is 3.19. The molecule has 110 valence electrons. The van der Waals surface area contributed by atoms with Gasteiger partial charge in [-0.25, -0.2) is 9.78 Å². The zero-order valence-corrected chi connectivity index (χ0v) is 11.0. The minimum Gasteiger partial charge on any atom is -0.461 e. The Bertz CT molecular complexity index is 498. The molecule has 0 radical (unpaired) electrons. The molecule has 0 aromatic carbocycles. The quantitative estimate of drug-likeness (QED) is 0.782. The van der Waals surface area contributed by atoms with E-state index in [4.69, 9.17) is 9.47 Å². The van der Waals surface area contributed by atoms with Crippen LogP contribution in [0.2, 0.25) is 0 Å². The predicted molar refractivity (Wildman–Crippen MR) is 66.1 cm³/mol. The van der Waals surface area contributed by atoms with E-state index in [1.165, 1.54) is 19.3 Å². The molecular weight excluding hydrogens is 275 g/mol. The number of pyridine rings is 1. The van der Waals surface area contributed by atoms with Crippen molar-refractivity contribution in [3.8, 4) is 0 Å². The molecule has 0 aliphatic rings. The van der Waals surface area contributed by atoms with Crippen molar-refractivity contribution in [1.82, 2.24) is 4.98 Å². The normalized spacial score (nSPS) is 11.8. The van der Waals surface area contributed by atoms with Crippen LogP contribution in [-0.2, 0) is 15.7 Å². The summed E-state index contributed by atoms with van der Waals surface area (Å²) >= 11 is 0. The second-order valence-corrected chi connectivity index (χ2v) is 3.74. The first-order chi connectivity index (χ1) is 9.40. The third-order valence-corrected chi connectivity index (χ3v) is 2.27. The molecule has 0 spiro atoms. The first-order valence-electron chi connectivity index (χ1n) is 5.80. The van der Waals surface area contributed by atoms with Gasteiger partial charge in [-0.15, -0.1) is 0 Å². The van der Waals surface area contributed by atoms with Crippen molar-refractivity contribution in [1.29, 1.82) is 0 Å². The summed E-state index contributed by atoms with van der Waals surface area (Å²) in [6.45, 7) is 1.92. The standard InChI is InChI=1S/C13H14F3NO3/c1-3-20-12(18)11-9(5-4-6-19-2)7-10(8-17-11)13(14,15)16/h4-5,7-8H,3,6H2,1-2H3/b5-4+. The molecule has 0 saturated carbocycles. The van der Waals surface area contributed by atoms with Crippen molar-refractivity contribution in [2.75, 3.05) is 20.3 Å². The largest absolute Gasteiger partial charge is 0.461 e. The van der Waals surface area contributed by atoms with Gasteiger partial charge in [0.25, 0.3) is 0 Å². The Morgan fingerprint density at radius 1 is 1.45 bits per heavy atom. The maximum atomic E-state index is 12.6. The van der Waals surface area contributed by atoms with E-state index < -0.39 is 17.7 Å². The number of carbonyl (C=O) groups excluding carboxylic acids is 1. The van der Waals surface area contributed by atoms with Gasteiger partial charge in [0.2, 0.25) is 0 Å². The van der Waals surface area contributed by atoms with Gasteiger partial charge in [-0.2, -0.15) is 13.2 Å². The van der Waals surface area contributed by atoms with E-state index in [0.717, 1.165) is 6.07 Å². The number of methoxy groups -OCH3 is 1. The average Bonchev–Trinajstić information content (AvgIpc) is 2.38. The first kappa shape index (κ1) is 16.2. The summed E-state index contributed by atoms with van der Waals surface area (Å²) in [5, 5.41) is 0. The summed E-state index contributed by atoms with van der Waals surface area (Å²) in [6, 6.07) is 0.853. The molecule has 0 fully saturated rings. The number of nitrogens with zero attached hydrogens (tertiary/aromatic N) is 1. The molecule has 0 saturated heterocycles. The van der Waals surface area contributed by atoms with Crippen molar-refractivity contribution >= 4 is 12.0 Å². The summed E-state index contributed by atoms with van der Waals surface area (Å²) in [5.41, 5.74) is -1.05. The summed E-state index contributed by atoms with van der Waals surface area (Å²) in [7, 11) is 1.45. The molecule has 20 heavy (non-hydrogen) atoms. The van der Waals surface area contributed by atoms with Gasteiger partial charge < -0.3 is 9.47 Å². The Labute approximate surface area is 114 Å². The Kier molecular flexibility index (Phi) is 5.69. The highest BCUT2D eigenvalue weighted by molar-refractivity contribution is 5.91. The Morgan fingerprint density at radius 2 is 2.15 bits per heavy atom. The number of esters is 1. The molecule has 4 nitrogen and oxygen atoms in total. The van der Waals surface area contributed by atoms with Crippen molar-refractivity contribution in [2.24, 2.45) is 0 Å². The monoisotopic (exact) mass is 289 g/mol. The van der Waals surface area contributed by atoms with Crippen LogP contribution in [0, 0.1) is 0 Å². The van der Waals surface area contributed by atoms with Gasteiger partial charge in [-0.05, 0) is 13.0 Å². The SMILES string of the molecule is CCOC(=O)c1ncc(C(F)(F)F)cc1/C=C/COC. The van der Waals surface area contributed by atoms with Gasteiger partial charge in [0.1, 0.15) is 0 Å². The molecule has 0 aliphatic heterocycles. The summed E-state index contributed by atoms with van der Waals surface area (Å²) in [4.78, 5) is 15.2. The van der Waals surface area contributed by atoms with Crippen molar-refractivity contribution < 1.29 is 27.4 Å². The molecule has 0 bridgehead atoms. The van der Waals surface area contributed by atoms with Crippen molar-refractivity contribution in [3.63, 3.8) is 0 Å².